The van der Waals surface area contributed by atoms with E-state index in [1.165, 1.54) is 283 Å². The van der Waals surface area contributed by atoms with Gasteiger partial charge in [0.25, 0.3) is 0 Å². The van der Waals surface area contributed by atoms with Crippen LogP contribution in [0.4, 0.5) is 0 Å². The van der Waals surface area contributed by atoms with Gasteiger partial charge in [0, 0.05) is 12.8 Å². The molecule has 0 radical (unpaired) electrons. The molecule has 1 amide bonds. The third-order valence-corrected chi connectivity index (χ3v) is 16.0. The van der Waals surface area contributed by atoms with Crippen LogP contribution in [-0.4, -0.2) is 47.4 Å². The fourth-order valence-corrected chi connectivity index (χ4v) is 10.6. The summed E-state index contributed by atoms with van der Waals surface area (Å²) in [6, 6.07) is -0.632. The van der Waals surface area contributed by atoms with Gasteiger partial charge in [0.1, 0.15) is 0 Å². The lowest BCUT2D eigenvalue weighted by Crippen LogP contribution is -2.45. The Morgan fingerprint density at radius 3 is 0.975 bits per heavy atom. The van der Waals surface area contributed by atoms with Crippen molar-refractivity contribution >= 4 is 11.9 Å². The number of esters is 1. The van der Waals surface area contributed by atoms with Gasteiger partial charge in [-0.2, -0.15) is 0 Å². The number of ether oxygens (including phenoxy) is 1. The zero-order valence-corrected chi connectivity index (χ0v) is 52.9. The molecule has 0 aliphatic heterocycles. The molecular weight excluding hydrogens is 971 g/mol. The number of unbranched alkanes of at least 4 members (excludes halogenated alkanes) is 46. The number of amides is 1. The molecule has 0 saturated carbocycles. The van der Waals surface area contributed by atoms with E-state index in [0.29, 0.717) is 19.4 Å². The minimum absolute atomic E-state index is 0.00277. The molecule has 0 aliphatic rings. The van der Waals surface area contributed by atoms with E-state index in [9.17, 15) is 19.8 Å². The van der Waals surface area contributed by atoms with E-state index in [2.05, 4.69) is 67.8 Å². The maximum absolute atomic E-state index is 12.5. The Labute approximate surface area is 492 Å². The van der Waals surface area contributed by atoms with E-state index in [-0.39, 0.29) is 18.5 Å². The van der Waals surface area contributed by atoms with Crippen LogP contribution in [0.25, 0.3) is 0 Å². The minimum Gasteiger partial charge on any atom is -0.466 e. The van der Waals surface area contributed by atoms with Crippen LogP contribution in [0.2, 0.25) is 0 Å². The SMILES string of the molecule is CCCCCC/C=C\C/C=C\CCCCCCCCCC(=O)OCCCCCCCCCCC/C=C\C/C=C\CCCCCCCCCCCCCC(=O)NC(CO)C(O)/C=C/CCCCCCCCCCCCCCCCC. The lowest BCUT2D eigenvalue weighted by Gasteiger charge is -2.20. The highest BCUT2D eigenvalue weighted by Gasteiger charge is 2.18. The second kappa shape index (κ2) is 68.1. The molecule has 3 N–H and O–H groups in total. The van der Waals surface area contributed by atoms with E-state index in [0.717, 1.165) is 57.8 Å². The molecule has 2 unspecified atom stereocenters. The highest BCUT2D eigenvalue weighted by Crippen LogP contribution is 2.17. The number of aliphatic hydroxyl groups excluding tert-OH is 2. The van der Waals surface area contributed by atoms with Crippen LogP contribution in [0.15, 0.2) is 60.8 Å². The summed E-state index contributed by atoms with van der Waals surface area (Å²) in [5.41, 5.74) is 0. The number of hydrogen-bond acceptors (Lipinski definition) is 5. The van der Waals surface area contributed by atoms with Crippen LogP contribution in [0.5, 0.6) is 0 Å². The molecule has 0 saturated heterocycles. The molecule has 0 aliphatic carbocycles. The molecule has 0 bridgehead atoms. The molecule has 0 fully saturated rings. The van der Waals surface area contributed by atoms with Crippen molar-refractivity contribution in [2.45, 2.75) is 379 Å². The Balaban J connectivity index is 3.44. The quantitative estimate of drug-likeness (QED) is 0.0320. The van der Waals surface area contributed by atoms with E-state index < -0.39 is 12.1 Å². The molecule has 0 spiro atoms. The van der Waals surface area contributed by atoms with Crippen LogP contribution in [0, 0.1) is 0 Å². The zero-order valence-electron chi connectivity index (χ0n) is 52.9. The maximum Gasteiger partial charge on any atom is 0.305 e. The predicted molar refractivity (Wildman–Crippen MR) is 347 cm³/mol. The van der Waals surface area contributed by atoms with Gasteiger partial charge in [0.15, 0.2) is 0 Å². The molecule has 462 valence electrons. The lowest BCUT2D eigenvalue weighted by molar-refractivity contribution is -0.143. The number of hydrogen-bond donors (Lipinski definition) is 3. The Kier molecular flexibility index (Phi) is 66.0. The maximum atomic E-state index is 12.5. The van der Waals surface area contributed by atoms with Gasteiger partial charge in [0.05, 0.1) is 25.4 Å². The fraction of sp³-hybridized carbons (Fsp3) is 0.836. The Hall–Kier alpha value is -2.44. The van der Waals surface area contributed by atoms with E-state index in [1.807, 2.05) is 6.08 Å². The first-order valence-corrected chi connectivity index (χ1v) is 35.1. The summed E-state index contributed by atoms with van der Waals surface area (Å²) >= 11 is 0. The molecule has 0 rings (SSSR count). The fourth-order valence-electron chi connectivity index (χ4n) is 10.6. The van der Waals surface area contributed by atoms with Crippen molar-refractivity contribution in [2.75, 3.05) is 13.2 Å². The molecule has 0 heterocycles. The zero-order chi connectivity index (χ0) is 57.1. The van der Waals surface area contributed by atoms with Crippen LogP contribution in [0.1, 0.15) is 367 Å². The van der Waals surface area contributed by atoms with E-state index in [1.54, 1.807) is 6.08 Å². The van der Waals surface area contributed by atoms with Gasteiger partial charge < -0.3 is 20.3 Å². The molecule has 2 atom stereocenters. The van der Waals surface area contributed by atoms with Crippen molar-refractivity contribution < 1.29 is 24.5 Å². The topological polar surface area (TPSA) is 95.9 Å². The van der Waals surface area contributed by atoms with Crippen molar-refractivity contribution in [2.24, 2.45) is 0 Å². The van der Waals surface area contributed by atoms with Crippen molar-refractivity contribution in [3.8, 4) is 0 Å². The van der Waals surface area contributed by atoms with Gasteiger partial charge in [-0.3, -0.25) is 9.59 Å². The number of aliphatic hydroxyl groups is 2. The van der Waals surface area contributed by atoms with E-state index in [4.69, 9.17) is 4.74 Å². The Bertz CT molecular complexity index is 1370. The number of nitrogens with one attached hydrogen (secondary N) is 1. The average molecular weight is 1110 g/mol. The van der Waals surface area contributed by atoms with Crippen LogP contribution < -0.4 is 5.32 Å². The monoisotopic (exact) mass is 1110 g/mol. The number of rotatable bonds is 65. The lowest BCUT2D eigenvalue weighted by atomic mass is 10.0. The highest BCUT2D eigenvalue weighted by molar-refractivity contribution is 5.76. The summed E-state index contributed by atoms with van der Waals surface area (Å²) in [5, 5.41) is 23.2. The van der Waals surface area contributed by atoms with Crippen molar-refractivity contribution in [1.82, 2.24) is 5.32 Å². The standard InChI is InChI=1S/C73H135NO5/c1-3-5-7-9-11-13-15-17-19-21-35-39-43-47-51-55-59-63-67-73(78)79-68-64-60-56-52-48-44-40-36-32-30-28-26-24-22-23-25-27-29-31-34-38-42-46-50-54-58-62-66-72(77)74-70(69-75)71(76)65-61-57-53-49-45-41-37-33-20-18-16-14-12-10-8-6-4-2/h13,15,19,21-23,26,28,61,65,70-71,75-76H,3-12,14,16-18,20,24-25,27,29-60,62-64,66-69H2,1-2H3,(H,74,77)/b15-13-,21-19-,23-22-,28-26-,65-61+. The summed E-state index contributed by atoms with van der Waals surface area (Å²) in [4.78, 5) is 24.6. The summed E-state index contributed by atoms with van der Waals surface area (Å²) in [6.45, 7) is 4.90. The molecule has 6 nitrogen and oxygen atoms in total. The largest absolute Gasteiger partial charge is 0.466 e. The number of allylic oxidation sites excluding steroid dienone is 9. The number of carbonyl (C=O) groups is 2. The summed E-state index contributed by atoms with van der Waals surface area (Å²) < 4.78 is 5.49. The smallest absolute Gasteiger partial charge is 0.305 e. The summed E-state index contributed by atoms with van der Waals surface area (Å²) in [7, 11) is 0. The minimum atomic E-state index is -0.848. The van der Waals surface area contributed by atoms with E-state index >= 15 is 0 Å². The van der Waals surface area contributed by atoms with Crippen molar-refractivity contribution in [3.63, 3.8) is 0 Å². The molecule has 0 aromatic rings. The van der Waals surface area contributed by atoms with Gasteiger partial charge >= 0.3 is 5.97 Å². The highest BCUT2D eigenvalue weighted by atomic mass is 16.5. The molecule has 0 aromatic carbocycles. The third kappa shape index (κ3) is 64.6. The molecule has 6 heteroatoms. The average Bonchev–Trinajstić information content (AvgIpc) is 3.45. The molecule has 79 heavy (non-hydrogen) atoms. The Morgan fingerprint density at radius 2 is 0.633 bits per heavy atom. The van der Waals surface area contributed by atoms with Crippen LogP contribution in [0.3, 0.4) is 0 Å². The van der Waals surface area contributed by atoms with Gasteiger partial charge in [-0.05, 0) is 96.3 Å². The van der Waals surface area contributed by atoms with Gasteiger partial charge in [0.2, 0.25) is 5.91 Å². The molecular formula is C73H135NO5. The van der Waals surface area contributed by atoms with Gasteiger partial charge in [-0.25, -0.2) is 0 Å². The number of carbonyl (C=O) groups excluding carboxylic acids is 2. The van der Waals surface area contributed by atoms with Crippen LogP contribution >= 0.6 is 0 Å². The molecule has 0 aromatic heterocycles. The van der Waals surface area contributed by atoms with Crippen molar-refractivity contribution in [1.29, 1.82) is 0 Å². The van der Waals surface area contributed by atoms with Crippen molar-refractivity contribution in [3.05, 3.63) is 60.8 Å². The predicted octanol–water partition coefficient (Wildman–Crippen LogP) is 22.6. The van der Waals surface area contributed by atoms with Crippen LogP contribution in [-0.2, 0) is 14.3 Å². The first-order valence-electron chi connectivity index (χ1n) is 35.1. The second-order valence-electron chi connectivity index (χ2n) is 23.9. The third-order valence-electron chi connectivity index (χ3n) is 16.0. The normalized spacial score (nSPS) is 12.9. The summed E-state index contributed by atoms with van der Waals surface area (Å²) in [6.07, 6.45) is 90.0. The second-order valence-corrected chi connectivity index (χ2v) is 23.9. The summed E-state index contributed by atoms with van der Waals surface area (Å²) in [5.74, 6) is -0.0668. The van der Waals surface area contributed by atoms with Gasteiger partial charge in [-0.15, -0.1) is 0 Å². The Morgan fingerprint density at radius 1 is 0.354 bits per heavy atom. The van der Waals surface area contributed by atoms with Gasteiger partial charge in [-0.1, -0.05) is 319 Å². The first-order chi connectivity index (χ1) is 39.0. The first kappa shape index (κ1) is 76.6.